The Labute approximate surface area is 129 Å². The van der Waals surface area contributed by atoms with Crippen LogP contribution in [0.1, 0.15) is 31.2 Å². The van der Waals surface area contributed by atoms with Crippen molar-refractivity contribution in [3.63, 3.8) is 0 Å². The molecular formula is C17H18N4O. The molecule has 1 aliphatic carbocycles. The van der Waals surface area contributed by atoms with Crippen molar-refractivity contribution in [2.75, 3.05) is 7.05 Å². The summed E-state index contributed by atoms with van der Waals surface area (Å²) >= 11 is 0. The molecule has 1 fully saturated rings. The SMILES string of the molecule is CN(C(=O)n1cnc(-c2cccc(C#N)c2)c1)C1CCCC1. The number of rotatable bonds is 2. The molecule has 0 unspecified atom stereocenters. The molecule has 0 aliphatic heterocycles. The van der Waals surface area contributed by atoms with E-state index in [9.17, 15) is 4.79 Å². The molecule has 1 amide bonds. The number of nitrogens with zero attached hydrogens (tertiary/aromatic N) is 4. The molecule has 1 saturated carbocycles. The van der Waals surface area contributed by atoms with Crippen LogP contribution in [0.15, 0.2) is 36.8 Å². The number of benzene rings is 1. The van der Waals surface area contributed by atoms with Gasteiger partial charge in [0.25, 0.3) is 0 Å². The predicted octanol–water partition coefficient (Wildman–Crippen LogP) is 3.26. The van der Waals surface area contributed by atoms with Gasteiger partial charge in [0.05, 0.1) is 17.3 Å². The van der Waals surface area contributed by atoms with E-state index in [-0.39, 0.29) is 6.03 Å². The number of carbonyl (C=O) groups is 1. The maximum absolute atomic E-state index is 12.5. The summed E-state index contributed by atoms with van der Waals surface area (Å²) in [5.74, 6) is 0. The predicted molar refractivity (Wildman–Crippen MR) is 83.2 cm³/mol. The van der Waals surface area contributed by atoms with Crippen LogP contribution in [-0.2, 0) is 0 Å². The van der Waals surface area contributed by atoms with Crippen LogP contribution in [-0.4, -0.2) is 33.6 Å². The van der Waals surface area contributed by atoms with Crippen LogP contribution in [0.5, 0.6) is 0 Å². The van der Waals surface area contributed by atoms with Gasteiger partial charge in [-0.1, -0.05) is 25.0 Å². The largest absolute Gasteiger partial charge is 0.329 e. The summed E-state index contributed by atoms with van der Waals surface area (Å²) in [6.45, 7) is 0. The van der Waals surface area contributed by atoms with Gasteiger partial charge in [-0.3, -0.25) is 4.57 Å². The topological polar surface area (TPSA) is 61.9 Å². The van der Waals surface area contributed by atoms with Crippen LogP contribution in [0, 0.1) is 11.3 Å². The second-order valence-electron chi connectivity index (χ2n) is 5.69. The lowest BCUT2D eigenvalue weighted by Crippen LogP contribution is -2.37. The number of hydrogen-bond donors (Lipinski definition) is 0. The van der Waals surface area contributed by atoms with Crippen LogP contribution >= 0.6 is 0 Å². The third-order valence-corrected chi connectivity index (χ3v) is 4.27. The molecule has 1 aliphatic rings. The Morgan fingerprint density at radius 2 is 2.18 bits per heavy atom. The van der Waals surface area contributed by atoms with E-state index in [2.05, 4.69) is 11.1 Å². The van der Waals surface area contributed by atoms with Crippen LogP contribution in [0.25, 0.3) is 11.3 Å². The third-order valence-electron chi connectivity index (χ3n) is 4.27. The highest BCUT2D eigenvalue weighted by Gasteiger charge is 2.24. The Balaban J connectivity index is 1.81. The summed E-state index contributed by atoms with van der Waals surface area (Å²) in [7, 11) is 1.86. The van der Waals surface area contributed by atoms with Gasteiger partial charge in [0.15, 0.2) is 0 Å². The van der Waals surface area contributed by atoms with Gasteiger partial charge in [0.1, 0.15) is 6.33 Å². The number of nitriles is 1. The molecule has 0 saturated heterocycles. The first-order chi connectivity index (χ1) is 10.7. The molecule has 5 nitrogen and oxygen atoms in total. The normalized spacial score (nSPS) is 14.7. The van der Waals surface area contributed by atoms with Gasteiger partial charge >= 0.3 is 6.03 Å². The van der Waals surface area contributed by atoms with E-state index in [4.69, 9.17) is 5.26 Å². The zero-order valence-electron chi connectivity index (χ0n) is 12.6. The Morgan fingerprint density at radius 3 is 2.91 bits per heavy atom. The van der Waals surface area contributed by atoms with Gasteiger partial charge < -0.3 is 4.90 Å². The molecule has 0 N–H and O–H groups in total. The highest BCUT2D eigenvalue weighted by atomic mass is 16.2. The van der Waals surface area contributed by atoms with Crippen LogP contribution in [0.2, 0.25) is 0 Å². The van der Waals surface area contributed by atoms with Gasteiger partial charge in [-0.25, -0.2) is 9.78 Å². The summed E-state index contributed by atoms with van der Waals surface area (Å²) < 4.78 is 1.52. The minimum absolute atomic E-state index is 0.0536. The van der Waals surface area contributed by atoms with Crippen LogP contribution in [0.3, 0.4) is 0 Å². The quantitative estimate of drug-likeness (QED) is 0.854. The first-order valence-electron chi connectivity index (χ1n) is 7.51. The van der Waals surface area contributed by atoms with Crippen molar-refractivity contribution in [2.45, 2.75) is 31.7 Å². The molecule has 3 rings (SSSR count). The maximum Gasteiger partial charge on any atom is 0.329 e. The summed E-state index contributed by atoms with van der Waals surface area (Å²) in [6.07, 6.45) is 7.81. The number of amides is 1. The van der Waals surface area contributed by atoms with E-state index in [0.29, 0.717) is 17.3 Å². The van der Waals surface area contributed by atoms with Crippen molar-refractivity contribution in [2.24, 2.45) is 0 Å². The number of carbonyl (C=O) groups excluding carboxylic acids is 1. The maximum atomic E-state index is 12.5. The molecule has 5 heteroatoms. The fourth-order valence-electron chi connectivity index (χ4n) is 2.95. The standard InChI is InChI=1S/C17H18N4O/c1-20(15-7-2-3-8-15)17(22)21-11-16(19-12-21)14-6-4-5-13(9-14)10-18/h4-6,9,11-12,15H,2-3,7-8H2,1H3. The summed E-state index contributed by atoms with van der Waals surface area (Å²) in [5.41, 5.74) is 2.13. The Morgan fingerprint density at radius 1 is 1.41 bits per heavy atom. The zero-order chi connectivity index (χ0) is 15.5. The summed E-state index contributed by atoms with van der Waals surface area (Å²) in [6, 6.07) is 9.62. The fourth-order valence-corrected chi connectivity index (χ4v) is 2.95. The molecule has 2 aromatic rings. The minimum Gasteiger partial charge on any atom is -0.324 e. The molecule has 1 heterocycles. The van der Waals surface area contributed by atoms with Crippen molar-refractivity contribution < 1.29 is 4.79 Å². The smallest absolute Gasteiger partial charge is 0.324 e. The highest BCUT2D eigenvalue weighted by Crippen LogP contribution is 2.23. The Bertz CT molecular complexity index is 722. The van der Waals surface area contributed by atoms with Gasteiger partial charge in [0, 0.05) is 24.8 Å². The van der Waals surface area contributed by atoms with Crippen molar-refractivity contribution in [1.82, 2.24) is 14.5 Å². The molecule has 0 atom stereocenters. The fraction of sp³-hybridized carbons (Fsp3) is 0.353. The van der Waals surface area contributed by atoms with Crippen molar-refractivity contribution in [3.8, 4) is 17.3 Å². The molecule has 0 spiro atoms. The van der Waals surface area contributed by atoms with Crippen molar-refractivity contribution >= 4 is 6.03 Å². The third kappa shape index (κ3) is 2.73. The van der Waals surface area contributed by atoms with E-state index in [0.717, 1.165) is 18.4 Å². The van der Waals surface area contributed by atoms with Gasteiger partial charge in [0.2, 0.25) is 0 Å². The van der Waals surface area contributed by atoms with E-state index in [1.165, 1.54) is 17.4 Å². The Hall–Kier alpha value is -2.61. The zero-order valence-corrected chi connectivity index (χ0v) is 12.6. The van der Waals surface area contributed by atoms with Gasteiger partial charge in [-0.15, -0.1) is 0 Å². The van der Waals surface area contributed by atoms with E-state index >= 15 is 0 Å². The van der Waals surface area contributed by atoms with Crippen LogP contribution < -0.4 is 0 Å². The molecule has 0 radical (unpaired) electrons. The van der Waals surface area contributed by atoms with Crippen LogP contribution in [0.4, 0.5) is 4.79 Å². The number of aromatic nitrogens is 2. The van der Waals surface area contributed by atoms with E-state index in [1.807, 2.05) is 24.1 Å². The van der Waals surface area contributed by atoms with Gasteiger partial charge in [-0.05, 0) is 25.0 Å². The van der Waals surface area contributed by atoms with Gasteiger partial charge in [-0.2, -0.15) is 5.26 Å². The van der Waals surface area contributed by atoms with Crippen molar-refractivity contribution in [3.05, 3.63) is 42.4 Å². The first-order valence-corrected chi connectivity index (χ1v) is 7.51. The highest BCUT2D eigenvalue weighted by molar-refractivity contribution is 5.78. The second-order valence-corrected chi connectivity index (χ2v) is 5.69. The molecule has 1 aromatic carbocycles. The molecule has 22 heavy (non-hydrogen) atoms. The summed E-state index contributed by atoms with van der Waals surface area (Å²) in [5, 5.41) is 8.96. The molecule has 0 bridgehead atoms. The molecule has 112 valence electrons. The summed E-state index contributed by atoms with van der Waals surface area (Å²) in [4.78, 5) is 18.6. The number of imidazole rings is 1. The molecular weight excluding hydrogens is 276 g/mol. The lowest BCUT2D eigenvalue weighted by Gasteiger charge is -2.23. The minimum atomic E-state index is -0.0536. The Kier molecular flexibility index (Phi) is 3.92. The lowest BCUT2D eigenvalue weighted by molar-refractivity contribution is 0.192. The average Bonchev–Trinajstić information content (AvgIpc) is 3.25. The van der Waals surface area contributed by atoms with E-state index < -0.39 is 0 Å². The first kappa shape index (κ1) is 14.3. The number of hydrogen-bond acceptors (Lipinski definition) is 3. The second kappa shape index (κ2) is 6.02. The average molecular weight is 294 g/mol. The van der Waals surface area contributed by atoms with E-state index in [1.54, 1.807) is 24.7 Å². The lowest BCUT2D eigenvalue weighted by atomic mass is 10.1. The monoisotopic (exact) mass is 294 g/mol. The van der Waals surface area contributed by atoms with Crippen molar-refractivity contribution in [1.29, 1.82) is 5.26 Å². The molecule has 1 aromatic heterocycles.